The third kappa shape index (κ3) is 5.73. The van der Waals surface area contributed by atoms with E-state index in [-0.39, 0.29) is 0 Å². The van der Waals surface area contributed by atoms with E-state index in [1.54, 1.807) is 18.5 Å². The maximum absolute atomic E-state index is 5.79. The molecule has 0 saturated heterocycles. The third-order valence-electron chi connectivity index (χ3n) is 3.11. The Morgan fingerprint density at radius 1 is 1.17 bits per heavy atom. The number of nitrogens with two attached hydrogens (primary N) is 1. The Morgan fingerprint density at radius 2 is 2.09 bits per heavy atom. The molecule has 5 nitrogen and oxygen atoms in total. The number of ether oxygens (including phenoxy) is 3. The molecule has 23 heavy (non-hydrogen) atoms. The van der Waals surface area contributed by atoms with Gasteiger partial charge in [0.05, 0.1) is 19.4 Å². The first kappa shape index (κ1) is 17.0. The van der Waals surface area contributed by atoms with Crippen molar-refractivity contribution in [3.8, 4) is 11.5 Å². The zero-order valence-corrected chi connectivity index (χ0v) is 13.1. The standard InChI is InChI=1S/C18H22N2O3/c1-2-8-21-9-10-22-17-5-3-4-15(11-17)14-23-18-13-20-7-6-16(18)12-19/h2-7,11,13H,1,8-10,12,14,19H2. The van der Waals surface area contributed by atoms with Gasteiger partial charge in [0.15, 0.2) is 0 Å². The summed E-state index contributed by atoms with van der Waals surface area (Å²) in [5.74, 6) is 1.50. The van der Waals surface area contributed by atoms with Gasteiger partial charge in [0, 0.05) is 18.3 Å². The summed E-state index contributed by atoms with van der Waals surface area (Å²) < 4.78 is 16.7. The molecule has 0 amide bonds. The maximum atomic E-state index is 5.79. The van der Waals surface area contributed by atoms with Crippen molar-refractivity contribution in [1.29, 1.82) is 0 Å². The van der Waals surface area contributed by atoms with Gasteiger partial charge in [0.1, 0.15) is 24.7 Å². The molecule has 2 aromatic rings. The molecule has 0 atom stereocenters. The van der Waals surface area contributed by atoms with Gasteiger partial charge in [-0.25, -0.2) is 0 Å². The van der Waals surface area contributed by atoms with Crippen LogP contribution in [0, 0.1) is 0 Å². The minimum absolute atomic E-state index is 0.422. The lowest BCUT2D eigenvalue weighted by Crippen LogP contribution is -2.07. The molecule has 0 bridgehead atoms. The Labute approximate surface area is 136 Å². The van der Waals surface area contributed by atoms with Crippen molar-refractivity contribution in [2.75, 3.05) is 19.8 Å². The second-order valence-corrected chi connectivity index (χ2v) is 4.84. The number of aromatic nitrogens is 1. The highest BCUT2D eigenvalue weighted by Crippen LogP contribution is 2.19. The fraction of sp³-hybridized carbons (Fsp3) is 0.278. The fourth-order valence-electron chi connectivity index (χ4n) is 1.98. The second kappa shape index (κ2) is 9.61. The lowest BCUT2D eigenvalue weighted by molar-refractivity contribution is 0.121. The predicted molar refractivity (Wildman–Crippen MR) is 89.4 cm³/mol. The van der Waals surface area contributed by atoms with E-state index in [9.17, 15) is 0 Å². The Balaban J connectivity index is 1.86. The predicted octanol–water partition coefficient (Wildman–Crippen LogP) is 2.70. The molecular formula is C18H22N2O3. The fourth-order valence-corrected chi connectivity index (χ4v) is 1.98. The van der Waals surface area contributed by atoms with Gasteiger partial charge in [-0.05, 0) is 23.8 Å². The minimum atomic E-state index is 0.422. The Bertz CT molecular complexity index is 617. The van der Waals surface area contributed by atoms with Crippen LogP contribution in [0.5, 0.6) is 11.5 Å². The Hall–Kier alpha value is -2.37. The van der Waals surface area contributed by atoms with Crippen LogP contribution in [-0.4, -0.2) is 24.8 Å². The topological polar surface area (TPSA) is 66.6 Å². The van der Waals surface area contributed by atoms with Crippen molar-refractivity contribution in [3.63, 3.8) is 0 Å². The minimum Gasteiger partial charge on any atom is -0.491 e. The average Bonchev–Trinajstić information content (AvgIpc) is 2.60. The van der Waals surface area contributed by atoms with Crippen molar-refractivity contribution in [1.82, 2.24) is 4.98 Å². The van der Waals surface area contributed by atoms with Crippen LogP contribution in [-0.2, 0) is 17.9 Å². The van der Waals surface area contributed by atoms with Gasteiger partial charge in [-0.15, -0.1) is 6.58 Å². The van der Waals surface area contributed by atoms with E-state index in [1.807, 2.05) is 30.3 Å². The van der Waals surface area contributed by atoms with E-state index in [4.69, 9.17) is 19.9 Å². The summed E-state index contributed by atoms with van der Waals surface area (Å²) in [6.45, 7) is 6.01. The van der Waals surface area contributed by atoms with Gasteiger partial charge in [-0.3, -0.25) is 4.98 Å². The maximum Gasteiger partial charge on any atom is 0.142 e. The third-order valence-corrected chi connectivity index (χ3v) is 3.11. The van der Waals surface area contributed by atoms with Crippen LogP contribution >= 0.6 is 0 Å². The lowest BCUT2D eigenvalue weighted by Gasteiger charge is -2.11. The van der Waals surface area contributed by atoms with Gasteiger partial charge < -0.3 is 19.9 Å². The van der Waals surface area contributed by atoms with Crippen molar-refractivity contribution in [2.24, 2.45) is 5.73 Å². The van der Waals surface area contributed by atoms with Crippen LogP contribution in [0.2, 0.25) is 0 Å². The smallest absolute Gasteiger partial charge is 0.142 e. The summed E-state index contributed by atoms with van der Waals surface area (Å²) in [6, 6.07) is 9.64. The molecule has 2 rings (SSSR count). The van der Waals surface area contributed by atoms with Crippen LogP contribution in [0.1, 0.15) is 11.1 Å². The number of benzene rings is 1. The molecule has 0 spiro atoms. The molecule has 1 aromatic carbocycles. The molecule has 122 valence electrons. The summed E-state index contributed by atoms with van der Waals surface area (Å²) >= 11 is 0. The molecule has 2 N–H and O–H groups in total. The number of hydrogen-bond donors (Lipinski definition) is 1. The number of pyridine rings is 1. The van der Waals surface area contributed by atoms with Gasteiger partial charge >= 0.3 is 0 Å². The molecule has 0 fully saturated rings. The second-order valence-electron chi connectivity index (χ2n) is 4.84. The van der Waals surface area contributed by atoms with E-state index in [0.29, 0.717) is 38.7 Å². The number of nitrogens with zero attached hydrogens (tertiary/aromatic N) is 1. The SMILES string of the molecule is C=CCOCCOc1cccc(COc2cnccc2CN)c1. The number of rotatable bonds is 10. The van der Waals surface area contributed by atoms with Crippen molar-refractivity contribution in [2.45, 2.75) is 13.2 Å². The summed E-state index contributed by atoms with van der Waals surface area (Å²) in [4.78, 5) is 4.06. The molecule has 0 aliphatic carbocycles. The van der Waals surface area contributed by atoms with Crippen LogP contribution < -0.4 is 15.2 Å². The van der Waals surface area contributed by atoms with Gasteiger partial charge in [-0.2, -0.15) is 0 Å². The van der Waals surface area contributed by atoms with Crippen molar-refractivity contribution < 1.29 is 14.2 Å². The molecule has 5 heteroatoms. The van der Waals surface area contributed by atoms with E-state index in [0.717, 1.165) is 16.9 Å². The Kier molecular flexibility index (Phi) is 7.10. The summed E-state index contributed by atoms with van der Waals surface area (Å²) in [7, 11) is 0. The van der Waals surface area contributed by atoms with Crippen LogP contribution in [0.3, 0.4) is 0 Å². The zero-order valence-electron chi connectivity index (χ0n) is 13.1. The largest absolute Gasteiger partial charge is 0.491 e. The molecule has 0 saturated carbocycles. The highest BCUT2D eigenvalue weighted by molar-refractivity contribution is 5.31. The molecule has 1 aromatic heterocycles. The summed E-state index contributed by atoms with van der Waals surface area (Å²) in [6.07, 6.45) is 5.10. The van der Waals surface area contributed by atoms with Crippen LogP contribution in [0.25, 0.3) is 0 Å². The Morgan fingerprint density at radius 3 is 2.91 bits per heavy atom. The van der Waals surface area contributed by atoms with Crippen molar-refractivity contribution >= 4 is 0 Å². The lowest BCUT2D eigenvalue weighted by atomic mass is 10.2. The van der Waals surface area contributed by atoms with Crippen molar-refractivity contribution in [3.05, 3.63) is 66.5 Å². The van der Waals surface area contributed by atoms with E-state index in [1.165, 1.54) is 0 Å². The normalized spacial score (nSPS) is 10.3. The molecule has 0 unspecified atom stereocenters. The van der Waals surface area contributed by atoms with Crippen LogP contribution in [0.15, 0.2) is 55.4 Å². The first-order valence-corrected chi connectivity index (χ1v) is 7.49. The zero-order chi connectivity index (χ0) is 16.3. The van der Waals surface area contributed by atoms with E-state index in [2.05, 4.69) is 11.6 Å². The van der Waals surface area contributed by atoms with Gasteiger partial charge in [-0.1, -0.05) is 18.2 Å². The summed E-state index contributed by atoms with van der Waals surface area (Å²) in [5.41, 5.74) is 7.64. The molecular weight excluding hydrogens is 292 g/mol. The monoisotopic (exact) mass is 314 g/mol. The van der Waals surface area contributed by atoms with E-state index >= 15 is 0 Å². The first-order valence-electron chi connectivity index (χ1n) is 7.49. The van der Waals surface area contributed by atoms with E-state index < -0.39 is 0 Å². The van der Waals surface area contributed by atoms with Gasteiger partial charge in [0.25, 0.3) is 0 Å². The number of hydrogen-bond acceptors (Lipinski definition) is 5. The molecule has 0 aliphatic rings. The summed E-state index contributed by atoms with van der Waals surface area (Å²) in [5, 5.41) is 0. The molecule has 0 radical (unpaired) electrons. The first-order chi connectivity index (χ1) is 11.3. The molecule has 0 aliphatic heterocycles. The average molecular weight is 314 g/mol. The van der Waals surface area contributed by atoms with Gasteiger partial charge in [0.2, 0.25) is 0 Å². The quantitative estimate of drug-likeness (QED) is 0.539. The highest BCUT2D eigenvalue weighted by Gasteiger charge is 2.03. The highest BCUT2D eigenvalue weighted by atomic mass is 16.5. The molecule has 1 heterocycles. The van der Waals surface area contributed by atoms with Crippen LogP contribution in [0.4, 0.5) is 0 Å².